The standard InChI is InChI=1S/C21H23N3O5S/c1-4-30(26,27)23-15-8-9-19(29-16-7-5-6-14(22)10-16)17(11-15)18-13-24(2)21(25)12-20(18)28-3/h5-13,23H,4,22H2,1-3H3. The molecular formula is C21H23N3O5S. The molecule has 8 nitrogen and oxygen atoms in total. The first-order valence-electron chi connectivity index (χ1n) is 9.15. The second-order valence-electron chi connectivity index (χ2n) is 6.60. The normalized spacial score (nSPS) is 11.2. The molecule has 3 aromatic rings. The van der Waals surface area contributed by atoms with E-state index in [1.54, 1.807) is 62.6 Å². The van der Waals surface area contributed by atoms with Crippen molar-refractivity contribution in [2.24, 2.45) is 7.05 Å². The van der Waals surface area contributed by atoms with Gasteiger partial charge in [-0.3, -0.25) is 9.52 Å². The zero-order valence-corrected chi connectivity index (χ0v) is 17.7. The lowest BCUT2D eigenvalue weighted by molar-refractivity contribution is 0.414. The summed E-state index contributed by atoms with van der Waals surface area (Å²) >= 11 is 0. The summed E-state index contributed by atoms with van der Waals surface area (Å²) in [5, 5.41) is 0. The fourth-order valence-corrected chi connectivity index (χ4v) is 3.46. The summed E-state index contributed by atoms with van der Waals surface area (Å²) in [7, 11) is -0.396. The lowest BCUT2D eigenvalue weighted by atomic mass is 10.0. The number of nitrogen functional groups attached to an aromatic ring is 1. The average Bonchev–Trinajstić information content (AvgIpc) is 2.70. The predicted octanol–water partition coefficient (Wildman–Crippen LogP) is 3.20. The topological polar surface area (TPSA) is 113 Å². The summed E-state index contributed by atoms with van der Waals surface area (Å²) < 4.78 is 39.4. The fourth-order valence-electron chi connectivity index (χ4n) is 2.83. The third-order valence-electron chi connectivity index (χ3n) is 4.42. The van der Waals surface area contributed by atoms with E-state index in [9.17, 15) is 13.2 Å². The molecule has 158 valence electrons. The molecule has 0 atom stereocenters. The SMILES string of the molecule is CCS(=O)(=O)Nc1ccc(Oc2cccc(N)c2)c(-c2cn(C)c(=O)cc2OC)c1. The number of anilines is 2. The number of hydrogen-bond donors (Lipinski definition) is 2. The summed E-state index contributed by atoms with van der Waals surface area (Å²) in [6.45, 7) is 1.55. The van der Waals surface area contributed by atoms with Gasteiger partial charge >= 0.3 is 0 Å². The van der Waals surface area contributed by atoms with Crippen LogP contribution in [0.4, 0.5) is 11.4 Å². The maximum absolute atomic E-state index is 12.0. The van der Waals surface area contributed by atoms with E-state index < -0.39 is 10.0 Å². The third-order valence-corrected chi connectivity index (χ3v) is 5.73. The van der Waals surface area contributed by atoms with Crippen molar-refractivity contribution >= 4 is 21.4 Å². The number of nitrogens with two attached hydrogens (primary N) is 1. The van der Waals surface area contributed by atoms with Crippen LogP contribution in [0.25, 0.3) is 11.1 Å². The molecule has 0 bridgehead atoms. The largest absolute Gasteiger partial charge is 0.496 e. The summed E-state index contributed by atoms with van der Waals surface area (Å²) in [4.78, 5) is 12.0. The van der Waals surface area contributed by atoms with Crippen LogP contribution in [-0.4, -0.2) is 25.8 Å². The van der Waals surface area contributed by atoms with Crippen molar-refractivity contribution in [2.45, 2.75) is 6.92 Å². The minimum atomic E-state index is -3.47. The maximum atomic E-state index is 12.0. The van der Waals surface area contributed by atoms with Crippen LogP contribution >= 0.6 is 0 Å². The number of methoxy groups -OCH3 is 1. The van der Waals surface area contributed by atoms with Crippen LogP contribution in [0.1, 0.15) is 6.92 Å². The zero-order chi connectivity index (χ0) is 21.9. The lowest BCUT2D eigenvalue weighted by Gasteiger charge is -2.17. The van der Waals surface area contributed by atoms with E-state index in [-0.39, 0.29) is 11.3 Å². The predicted molar refractivity (Wildman–Crippen MR) is 118 cm³/mol. The van der Waals surface area contributed by atoms with Gasteiger partial charge in [0.05, 0.1) is 12.9 Å². The second kappa shape index (κ2) is 8.50. The highest BCUT2D eigenvalue weighted by molar-refractivity contribution is 7.92. The Kier molecular flexibility index (Phi) is 6.02. The van der Waals surface area contributed by atoms with Gasteiger partial charge in [-0.1, -0.05) is 6.07 Å². The molecule has 0 fully saturated rings. The number of benzene rings is 2. The van der Waals surface area contributed by atoms with Crippen molar-refractivity contribution in [3.8, 4) is 28.4 Å². The van der Waals surface area contributed by atoms with Crippen molar-refractivity contribution in [3.63, 3.8) is 0 Å². The number of hydrogen-bond acceptors (Lipinski definition) is 6. The second-order valence-corrected chi connectivity index (χ2v) is 8.61. The van der Waals surface area contributed by atoms with Gasteiger partial charge in [0.25, 0.3) is 5.56 Å². The highest BCUT2D eigenvalue weighted by Crippen LogP contribution is 2.39. The van der Waals surface area contributed by atoms with E-state index in [2.05, 4.69) is 4.72 Å². The van der Waals surface area contributed by atoms with Gasteiger partial charge in [-0.05, 0) is 37.3 Å². The van der Waals surface area contributed by atoms with E-state index in [1.807, 2.05) is 0 Å². The molecule has 0 aliphatic rings. The van der Waals surface area contributed by atoms with E-state index >= 15 is 0 Å². The molecule has 1 aromatic heterocycles. The molecule has 0 amide bonds. The molecule has 0 unspecified atom stereocenters. The van der Waals surface area contributed by atoms with Crippen molar-refractivity contribution in [3.05, 3.63) is 65.1 Å². The number of nitrogens with one attached hydrogen (secondary N) is 1. The number of sulfonamides is 1. The van der Waals surface area contributed by atoms with E-state index in [0.29, 0.717) is 39.8 Å². The van der Waals surface area contributed by atoms with E-state index in [0.717, 1.165) is 0 Å². The van der Waals surface area contributed by atoms with Gasteiger partial charge in [0, 0.05) is 47.9 Å². The molecule has 0 saturated heterocycles. The first-order chi connectivity index (χ1) is 14.2. The van der Waals surface area contributed by atoms with Crippen LogP contribution in [-0.2, 0) is 17.1 Å². The highest BCUT2D eigenvalue weighted by Gasteiger charge is 2.17. The van der Waals surface area contributed by atoms with Gasteiger partial charge in [0.15, 0.2) is 0 Å². The van der Waals surface area contributed by atoms with Crippen molar-refractivity contribution < 1.29 is 17.9 Å². The molecule has 2 aromatic carbocycles. The summed E-state index contributed by atoms with van der Waals surface area (Å²) in [5.74, 6) is 1.23. The Morgan fingerprint density at radius 3 is 2.50 bits per heavy atom. The van der Waals surface area contributed by atoms with Gasteiger partial charge in [0.2, 0.25) is 10.0 Å². The zero-order valence-electron chi connectivity index (χ0n) is 16.9. The quantitative estimate of drug-likeness (QED) is 0.558. The van der Waals surface area contributed by atoms with Gasteiger partial charge in [-0.15, -0.1) is 0 Å². The molecule has 30 heavy (non-hydrogen) atoms. The number of aromatic nitrogens is 1. The minimum absolute atomic E-state index is 0.0625. The molecule has 9 heteroatoms. The monoisotopic (exact) mass is 429 g/mol. The Hall–Kier alpha value is -3.46. The van der Waals surface area contributed by atoms with Crippen LogP contribution in [0, 0.1) is 0 Å². The first-order valence-corrected chi connectivity index (χ1v) is 10.8. The van der Waals surface area contributed by atoms with Crippen LogP contribution < -0.4 is 25.5 Å². The van der Waals surface area contributed by atoms with Gasteiger partial charge in [0.1, 0.15) is 17.2 Å². The molecular weight excluding hydrogens is 406 g/mol. The summed E-state index contributed by atoms with van der Waals surface area (Å²) in [6, 6.07) is 13.2. The fraction of sp³-hybridized carbons (Fsp3) is 0.190. The first kappa shape index (κ1) is 21.3. The van der Waals surface area contributed by atoms with Crippen molar-refractivity contribution in [1.82, 2.24) is 4.57 Å². The molecule has 0 aliphatic heterocycles. The van der Waals surface area contributed by atoms with Crippen LogP contribution in [0.5, 0.6) is 17.2 Å². The number of ether oxygens (including phenoxy) is 2. The lowest BCUT2D eigenvalue weighted by Crippen LogP contribution is -2.16. The smallest absolute Gasteiger partial charge is 0.254 e. The molecule has 3 rings (SSSR count). The molecule has 0 saturated carbocycles. The number of aryl methyl sites for hydroxylation is 1. The van der Waals surface area contributed by atoms with Gasteiger partial charge < -0.3 is 19.8 Å². The maximum Gasteiger partial charge on any atom is 0.254 e. The van der Waals surface area contributed by atoms with Crippen LogP contribution in [0.2, 0.25) is 0 Å². The molecule has 0 spiro atoms. The Morgan fingerprint density at radius 1 is 1.07 bits per heavy atom. The van der Waals surface area contributed by atoms with Gasteiger partial charge in [-0.25, -0.2) is 8.42 Å². The number of rotatable bonds is 7. The highest BCUT2D eigenvalue weighted by atomic mass is 32.2. The van der Waals surface area contributed by atoms with Gasteiger partial charge in [-0.2, -0.15) is 0 Å². The van der Waals surface area contributed by atoms with Crippen molar-refractivity contribution in [2.75, 3.05) is 23.3 Å². The molecule has 0 radical (unpaired) electrons. The molecule has 1 heterocycles. The Balaban J connectivity index is 2.18. The number of nitrogens with zero attached hydrogens (tertiary/aromatic N) is 1. The Bertz CT molecular complexity index is 1240. The van der Waals surface area contributed by atoms with E-state index in [4.69, 9.17) is 15.2 Å². The Morgan fingerprint density at radius 2 is 1.83 bits per heavy atom. The van der Waals surface area contributed by atoms with Crippen molar-refractivity contribution in [1.29, 1.82) is 0 Å². The average molecular weight is 429 g/mol. The van der Waals surface area contributed by atoms with E-state index in [1.165, 1.54) is 17.7 Å². The van der Waals surface area contributed by atoms with Crippen LogP contribution in [0.15, 0.2) is 59.5 Å². The third kappa shape index (κ3) is 4.74. The number of pyridine rings is 1. The molecule has 3 N–H and O–H groups in total. The summed E-state index contributed by atoms with van der Waals surface area (Å²) in [6.07, 6.45) is 1.61. The Labute approximate surface area is 174 Å². The molecule has 0 aliphatic carbocycles. The summed E-state index contributed by atoms with van der Waals surface area (Å²) in [5.41, 5.74) is 7.61. The van der Waals surface area contributed by atoms with Crippen LogP contribution in [0.3, 0.4) is 0 Å². The minimum Gasteiger partial charge on any atom is -0.496 e.